The van der Waals surface area contributed by atoms with Gasteiger partial charge in [0.25, 0.3) is 5.69 Å². The fraction of sp³-hybridized carbons (Fsp3) is 0.0714. The molecule has 2 rings (SSSR count). The van der Waals surface area contributed by atoms with E-state index >= 15 is 0 Å². The monoisotopic (exact) mass is 355 g/mol. The second-order valence-corrected chi connectivity index (χ2v) is 5.15. The zero-order chi connectivity index (χ0) is 15.6. The molecule has 0 aliphatic heterocycles. The molecule has 0 atom stereocenters. The van der Waals surface area contributed by atoms with Crippen LogP contribution in [0, 0.1) is 21.7 Å². The van der Waals surface area contributed by atoms with Crippen molar-refractivity contribution in [1.82, 2.24) is 0 Å². The summed E-state index contributed by atoms with van der Waals surface area (Å²) in [6.45, 7) is 0. The van der Waals surface area contributed by atoms with Crippen LogP contribution in [0.2, 0.25) is 0 Å². The first-order chi connectivity index (χ1) is 9.90. The number of halogens is 3. The van der Waals surface area contributed by atoms with E-state index < -0.39 is 34.3 Å². The van der Waals surface area contributed by atoms with Gasteiger partial charge in [-0.25, -0.2) is 8.78 Å². The number of benzene rings is 2. The van der Waals surface area contributed by atoms with Gasteiger partial charge in [-0.3, -0.25) is 14.9 Å². The van der Waals surface area contributed by atoms with Crippen LogP contribution in [0.4, 0.5) is 14.5 Å². The van der Waals surface area contributed by atoms with Crippen LogP contribution in [0.3, 0.4) is 0 Å². The maximum absolute atomic E-state index is 13.7. The third-order valence-corrected chi connectivity index (χ3v) is 3.28. The van der Waals surface area contributed by atoms with Gasteiger partial charge in [0.15, 0.2) is 5.78 Å². The molecule has 0 amide bonds. The van der Waals surface area contributed by atoms with Crippen LogP contribution < -0.4 is 0 Å². The Morgan fingerprint density at radius 2 is 1.76 bits per heavy atom. The van der Waals surface area contributed by atoms with Crippen LogP contribution in [0.15, 0.2) is 40.9 Å². The Hall–Kier alpha value is -2.15. The lowest BCUT2D eigenvalue weighted by molar-refractivity contribution is -0.385. The molecule has 7 heteroatoms. The summed E-state index contributed by atoms with van der Waals surface area (Å²) < 4.78 is 27.6. The Labute approximate surface area is 126 Å². The molecule has 108 valence electrons. The standard InChI is InChI=1S/C14H8BrF2NO3/c15-9-6-10(16)14(11(17)7-9)13(19)5-8-3-1-2-4-12(8)18(20)21/h1-4,6-7H,5H2. The van der Waals surface area contributed by atoms with Gasteiger partial charge in [0.05, 0.1) is 10.5 Å². The predicted molar refractivity (Wildman–Crippen MR) is 75.2 cm³/mol. The molecule has 0 unspecified atom stereocenters. The molecule has 0 aliphatic carbocycles. The highest BCUT2D eigenvalue weighted by atomic mass is 79.9. The van der Waals surface area contributed by atoms with E-state index in [1.54, 1.807) is 0 Å². The minimum Gasteiger partial charge on any atom is -0.294 e. The number of hydrogen-bond acceptors (Lipinski definition) is 3. The molecule has 0 bridgehead atoms. The minimum atomic E-state index is -1.01. The van der Waals surface area contributed by atoms with E-state index in [0.29, 0.717) is 0 Å². The van der Waals surface area contributed by atoms with E-state index in [1.165, 1.54) is 24.3 Å². The Bertz CT molecular complexity index is 711. The predicted octanol–water partition coefficient (Wildman–Crippen LogP) is 4.06. The lowest BCUT2D eigenvalue weighted by Crippen LogP contribution is -2.10. The van der Waals surface area contributed by atoms with Crippen LogP contribution in [-0.2, 0) is 6.42 Å². The lowest BCUT2D eigenvalue weighted by Gasteiger charge is -2.06. The Morgan fingerprint density at radius 3 is 2.33 bits per heavy atom. The Balaban J connectivity index is 2.38. The number of nitrogens with zero attached hydrogens (tertiary/aromatic N) is 1. The second kappa shape index (κ2) is 6.09. The van der Waals surface area contributed by atoms with Crippen molar-refractivity contribution >= 4 is 27.4 Å². The average molecular weight is 356 g/mol. The lowest BCUT2D eigenvalue weighted by atomic mass is 10.0. The third kappa shape index (κ3) is 3.30. The van der Waals surface area contributed by atoms with Gasteiger partial charge in [0.1, 0.15) is 11.6 Å². The molecule has 0 radical (unpaired) electrons. The second-order valence-electron chi connectivity index (χ2n) is 4.23. The molecule has 0 saturated heterocycles. The smallest absolute Gasteiger partial charge is 0.273 e. The average Bonchev–Trinajstić information content (AvgIpc) is 2.37. The largest absolute Gasteiger partial charge is 0.294 e. The first-order valence-electron chi connectivity index (χ1n) is 5.80. The molecule has 0 spiro atoms. The normalized spacial score (nSPS) is 10.4. The number of para-hydroxylation sites is 1. The fourth-order valence-corrected chi connectivity index (χ4v) is 2.31. The van der Waals surface area contributed by atoms with E-state index in [2.05, 4.69) is 15.9 Å². The third-order valence-electron chi connectivity index (χ3n) is 2.83. The number of nitro groups is 1. The van der Waals surface area contributed by atoms with Gasteiger partial charge in [0, 0.05) is 22.5 Å². The van der Waals surface area contributed by atoms with Crippen molar-refractivity contribution in [1.29, 1.82) is 0 Å². The molecule has 0 fully saturated rings. The summed E-state index contributed by atoms with van der Waals surface area (Å²) in [5, 5.41) is 10.9. The zero-order valence-corrected chi connectivity index (χ0v) is 12.1. The van der Waals surface area contributed by atoms with Gasteiger partial charge in [-0.05, 0) is 12.1 Å². The summed E-state index contributed by atoms with van der Waals surface area (Å²) in [6.07, 6.45) is -0.452. The molecule has 0 heterocycles. The Kier molecular flexibility index (Phi) is 4.42. The summed E-state index contributed by atoms with van der Waals surface area (Å²) >= 11 is 2.91. The molecule has 2 aromatic rings. The van der Waals surface area contributed by atoms with Gasteiger partial charge >= 0.3 is 0 Å². The van der Waals surface area contributed by atoms with Gasteiger partial charge in [-0.15, -0.1) is 0 Å². The molecule has 4 nitrogen and oxygen atoms in total. The van der Waals surface area contributed by atoms with Crippen LogP contribution >= 0.6 is 15.9 Å². The number of Topliss-reactive ketones (excluding diaryl/α,β-unsaturated/α-hetero) is 1. The SMILES string of the molecule is O=C(Cc1ccccc1[N+](=O)[O-])c1c(F)cc(Br)cc1F. The Morgan fingerprint density at radius 1 is 1.19 bits per heavy atom. The van der Waals surface area contributed by atoms with Gasteiger partial charge in [0.2, 0.25) is 0 Å². The highest BCUT2D eigenvalue weighted by Crippen LogP contribution is 2.24. The number of nitro benzene ring substituents is 1. The number of carbonyl (C=O) groups excluding carboxylic acids is 1. The summed E-state index contributed by atoms with van der Waals surface area (Å²) in [5.41, 5.74) is -0.852. The first-order valence-corrected chi connectivity index (χ1v) is 6.59. The molecule has 0 aromatic heterocycles. The van der Waals surface area contributed by atoms with E-state index in [1.807, 2.05) is 0 Å². The van der Waals surface area contributed by atoms with Crippen LogP contribution in [0.25, 0.3) is 0 Å². The quantitative estimate of drug-likeness (QED) is 0.472. The maximum atomic E-state index is 13.7. The minimum absolute atomic E-state index is 0.106. The van der Waals surface area contributed by atoms with Crippen molar-refractivity contribution in [2.75, 3.05) is 0 Å². The van der Waals surface area contributed by atoms with E-state index in [4.69, 9.17) is 0 Å². The van der Waals surface area contributed by atoms with Crippen molar-refractivity contribution in [3.05, 3.63) is 73.7 Å². The molecule has 0 aliphatic rings. The number of ketones is 1. The highest BCUT2D eigenvalue weighted by molar-refractivity contribution is 9.10. The zero-order valence-electron chi connectivity index (χ0n) is 10.5. The number of carbonyl (C=O) groups is 1. The van der Waals surface area contributed by atoms with Crippen molar-refractivity contribution < 1.29 is 18.5 Å². The number of hydrogen-bond donors (Lipinski definition) is 0. The van der Waals surface area contributed by atoms with Crippen LogP contribution in [0.5, 0.6) is 0 Å². The van der Waals surface area contributed by atoms with E-state index in [9.17, 15) is 23.7 Å². The summed E-state index contributed by atoms with van der Waals surface area (Å²) in [4.78, 5) is 22.2. The highest BCUT2D eigenvalue weighted by Gasteiger charge is 2.22. The number of rotatable bonds is 4. The summed E-state index contributed by atoms with van der Waals surface area (Å²) in [5.74, 6) is -2.87. The van der Waals surface area contributed by atoms with Crippen molar-refractivity contribution in [3.8, 4) is 0 Å². The van der Waals surface area contributed by atoms with Crippen molar-refractivity contribution in [3.63, 3.8) is 0 Å². The molecule has 0 saturated carbocycles. The summed E-state index contributed by atoms with van der Waals surface area (Å²) in [6, 6.07) is 7.52. The molecular formula is C14H8BrF2NO3. The van der Waals surface area contributed by atoms with Gasteiger partial charge in [-0.2, -0.15) is 0 Å². The first kappa shape index (κ1) is 15.2. The fourth-order valence-electron chi connectivity index (χ4n) is 1.91. The molecule has 21 heavy (non-hydrogen) atoms. The maximum Gasteiger partial charge on any atom is 0.273 e. The topological polar surface area (TPSA) is 60.2 Å². The van der Waals surface area contributed by atoms with Gasteiger partial charge < -0.3 is 0 Å². The molecule has 2 aromatic carbocycles. The van der Waals surface area contributed by atoms with E-state index in [0.717, 1.165) is 12.1 Å². The van der Waals surface area contributed by atoms with Crippen LogP contribution in [-0.4, -0.2) is 10.7 Å². The van der Waals surface area contributed by atoms with Crippen LogP contribution in [0.1, 0.15) is 15.9 Å². The van der Waals surface area contributed by atoms with E-state index in [-0.39, 0.29) is 15.7 Å². The molecular weight excluding hydrogens is 348 g/mol. The summed E-state index contributed by atoms with van der Waals surface area (Å²) in [7, 11) is 0. The van der Waals surface area contributed by atoms with Gasteiger partial charge in [-0.1, -0.05) is 34.1 Å². The molecule has 0 N–H and O–H groups in total. The van der Waals surface area contributed by atoms with Crippen molar-refractivity contribution in [2.24, 2.45) is 0 Å². The van der Waals surface area contributed by atoms with Crippen molar-refractivity contribution in [2.45, 2.75) is 6.42 Å².